The Kier molecular flexibility index (Phi) is 4.39. The molecule has 1 unspecified atom stereocenters. The first-order valence-electron chi connectivity index (χ1n) is 6.58. The third-order valence-electron chi connectivity index (χ3n) is 3.16. The van der Waals surface area contributed by atoms with Gasteiger partial charge in [0.05, 0.1) is 5.69 Å². The first kappa shape index (κ1) is 13.8. The lowest BCUT2D eigenvalue weighted by Gasteiger charge is -2.30. The quantitative estimate of drug-likeness (QED) is 0.827. The van der Waals surface area contributed by atoms with Crippen molar-refractivity contribution >= 4 is 11.6 Å². The maximum atomic E-state index is 12.0. The zero-order chi connectivity index (χ0) is 13.8. The fourth-order valence-electron chi connectivity index (χ4n) is 2.14. The zero-order valence-corrected chi connectivity index (χ0v) is 11.5. The molecule has 5 nitrogen and oxygen atoms in total. The molecule has 0 spiro atoms. The smallest absolute Gasteiger partial charge is 0.265 e. The van der Waals surface area contributed by atoms with E-state index in [0.717, 1.165) is 30.0 Å². The van der Waals surface area contributed by atoms with Crippen molar-refractivity contribution in [2.24, 2.45) is 5.73 Å². The molecule has 3 N–H and O–H groups in total. The summed E-state index contributed by atoms with van der Waals surface area (Å²) in [5.74, 6) is 0.763. The summed E-state index contributed by atoms with van der Waals surface area (Å²) in [5, 5.41) is 3.10. The molecule has 0 aliphatic carbocycles. The molecule has 1 aliphatic rings. The summed E-state index contributed by atoms with van der Waals surface area (Å²) in [7, 11) is 1.90. The average molecular weight is 263 g/mol. The van der Waals surface area contributed by atoms with Gasteiger partial charge >= 0.3 is 0 Å². The lowest BCUT2D eigenvalue weighted by molar-refractivity contribution is -0.121. The maximum absolute atomic E-state index is 12.0. The van der Waals surface area contributed by atoms with Crippen molar-refractivity contribution in [2.45, 2.75) is 25.9 Å². The highest BCUT2D eigenvalue weighted by Gasteiger charge is 2.25. The SMILES string of the molecule is CNCc1ccc2c(c1)N(CCC(C)N)C(=O)CO2. The van der Waals surface area contributed by atoms with Crippen LogP contribution in [-0.2, 0) is 11.3 Å². The molecule has 19 heavy (non-hydrogen) atoms. The maximum Gasteiger partial charge on any atom is 0.265 e. The van der Waals surface area contributed by atoms with Crippen molar-refractivity contribution in [3.05, 3.63) is 23.8 Å². The molecule has 0 saturated carbocycles. The average Bonchev–Trinajstić information content (AvgIpc) is 2.37. The van der Waals surface area contributed by atoms with Crippen molar-refractivity contribution in [1.82, 2.24) is 5.32 Å². The molecular weight excluding hydrogens is 242 g/mol. The van der Waals surface area contributed by atoms with Gasteiger partial charge in [-0.05, 0) is 38.1 Å². The Hall–Kier alpha value is -1.59. The molecule has 1 atom stereocenters. The van der Waals surface area contributed by atoms with Crippen LogP contribution in [0.1, 0.15) is 18.9 Å². The summed E-state index contributed by atoms with van der Waals surface area (Å²) in [6.45, 7) is 3.46. The highest BCUT2D eigenvalue weighted by molar-refractivity contribution is 5.97. The standard InChI is InChI=1S/C14H21N3O2/c1-10(15)5-6-17-12-7-11(8-16-2)3-4-13(12)19-9-14(17)18/h3-4,7,10,16H,5-6,8-9,15H2,1-2H3. The van der Waals surface area contributed by atoms with Gasteiger partial charge in [0.25, 0.3) is 5.91 Å². The van der Waals surface area contributed by atoms with Crippen LogP contribution in [0.15, 0.2) is 18.2 Å². The van der Waals surface area contributed by atoms with Crippen LogP contribution >= 0.6 is 0 Å². The second-order valence-electron chi connectivity index (χ2n) is 4.93. The Labute approximate surface area is 113 Å². The molecule has 1 aliphatic heterocycles. The van der Waals surface area contributed by atoms with Gasteiger partial charge in [0.15, 0.2) is 6.61 Å². The van der Waals surface area contributed by atoms with Gasteiger partial charge in [0.1, 0.15) is 5.75 Å². The van der Waals surface area contributed by atoms with E-state index in [1.807, 2.05) is 32.2 Å². The Balaban J connectivity index is 2.24. The molecule has 0 bridgehead atoms. The number of hydrogen-bond donors (Lipinski definition) is 2. The predicted molar refractivity (Wildman–Crippen MR) is 75.3 cm³/mol. The highest BCUT2D eigenvalue weighted by Crippen LogP contribution is 2.33. The van der Waals surface area contributed by atoms with Crippen molar-refractivity contribution in [2.75, 3.05) is 25.1 Å². The van der Waals surface area contributed by atoms with Gasteiger partial charge in [-0.2, -0.15) is 0 Å². The lowest BCUT2D eigenvalue weighted by atomic mass is 10.1. The van der Waals surface area contributed by atoms with Crippen LogP contribution in [0.2, 0.25) is 0 Å². The van der Waals surface area contributed by atoms with E-state index < -0.39 is 0 Å². The summed E-state index contributed by atoms with van der Waals surface area (Å²) in [5.41, 5.74) is 7.75. The van der Waals surface area contributed by atoms with E-state index in [4.69, 9.17) is 10.5 Å². The molecule has 5 heteroatoms. The van der Waals surface area contributed by atoms with Crippen LogP contribution < -0.4 is 20.7 Å². The van der Waals surface area contributed by atoms with E-state index in [2.05, 4.69) is 5.32 Å². The van der Waals surface area contributed by atoms with Crippen molar-refractivity contribution in [1.29, 1.82) is 0 Å². The van der Waals surface area contributed by atoms with Gasteiger partial charge < -0.3 is 20.7 Å². The fraction of sp³-hybridized carbons (Fsp3) is 0.500. The van der Waals surface area contributed by atoms with Crippen molar-refractivity contribution < 1.29 is 9.53 Å². The first-order chi connectivity index (χ1) is 9.11. The molecule has 0 saturated heterocycles. The highest BCUT2D eigenvalue weighted by atomic mass is 16.5. The van der Waals surface area contributed by atoms with Gasteiger partial charge in [-0.1, -0.05) is 6.07 Å². The van der Waals surface area contributed by atoms with Gasteiger partial charge in [-0.25, -0.2) is 0 Å². The molecule has 1 heterocycles. The summed E-state index contributed by atoms with van der Waals surface area (Å²) >= 11 is 0. The molecule has 2 rings (SSSR count). The van der Waals surface area contributed by atoms with Crippen LogP contribution in [0.5, 0.6) is 5.75 Å². The minimum atomic E-state index is -0.00485. The van der Waals surface area contributed by atoms with E-state index in [1.54, 1.807) is 4.90 Å². The van der Waals surface area contributed by atoms with Crippen LogP contribution in [-0.4, -0.2) is 32.1 Å². The number of nitrogens with two attached hydrogens (primary N) is 1. The molecule has 1 aromatic rings. The lowest BCUT2D eigenvalue weighted by Crippen LogP contribution is -2.41. The molecule has 1 amide bonds. The fourth-order valence-corrected chi connectivity index (χ4v) is 2.14. The Morgan fingerprint density at radius 3 is 3.00 bits per heavy atom. The van der Waals surface area contributed by atoms with Crippen LogP contribution in [0.4, 0.5) is 5.69 Å². The molecular formula is C14H21N3O2. The van der Waals surface area contributed by atoms with Gasteiger partial charge in [-0.3, -0.25) is 4.79 Å². The summed E-state index contributed by atoms with van der Waals surface area (Å²) in [6, 6.07) is 6.02. The van der Waals surface area contributed by atoms with Gasteiger partial charge in [0.2, 0.25) is 0 Å². The number of nitrogens with zero attached hydrogens (tertiary/aromatic N) is 1. The van der Waals surface area contributed by atoms with Gasteiger partial charge in [0, 0.05) is 19.1 Å². The first-order valence-corrected chi connectivity index (χ1v) is 6.58. The second-order valence-corrected chi connectivity index (χ2v) is 4.93. The van der Waals surface area contributed by atoms with Crippen molar-refractivity contribution in [3.63, 3.8) is 0 Å². The summed E-state index contributed by atoms with van der Waals surface area (Å²) < 4.78 is 5.46. The molecule has 1 aromatic carbocycles. The van der Waals surface area contributed by atoms with E-state index in [1.165, 1.54) is 0 Å². The van der Waals surface area contributed by atoms with E-state index in [-0.39, 0.29) is 18.6 Å². The van der Waals surface area contributed by atoms with E-state index in [9.17, 15) is 4.79 Å². The second kappa shape index (κ2) is 6.04. The Morgan fingerprint density at radius 1 is 1.53 bits per heavy atom. The summed E-state index contributed by atoms with van der Waals surface area (Å²) in [6.07, 6.45) is 0.779. The third kappa shape index (κ3) is 3.24. The Morgan fingerprint density at radius 2 is 2.32 bits per heavy atom. The zero-order valence-electron chi connectivity index (χ0n) is 11.5. The summed E-state index contributed by atoms with van der Waals surface area (Å²) in [4.78, 5) is 13.8. The van der Waals surface area contributed by atoms with Crippen LogP contribution in [0, 0.1) is 0 Å². The van der Waals surface area contributed by atoms with Crippen LogP contribution in [0.25, 0.3) is 0 Å². The molecule has 104 valence electrons. The molecule has 0 aromatic heterocycles. The number of carbonyl (C=O) groups is 1. The Bertz CT molecular complexity index is 460. The van der Waals surface area contributed by atoms with E-state index in [0.29, 0.717) is 6.54 Å². The number of fused-ring (bicyclic) bond motifs is 1. The van der Waals surface area contributed by atoms with Crippen LogP contribution in [0.3, 0.4) is 0 Å². The number of ether oxygens (including phenoxy) is 1. The molecule has 0 radical (unpaired) electrons. The number of carbonyl (C=O) groups excluding carboxylic acids is 1. The van der Waals surface area contributed by atoms with Gasteiger partial charge in [-0.15, -0.1) is 0 Å². The minimum absolute atomic E-state index is 0.00485. The number of nitrogens with one attached hydrogen (secondary N) is 1. The number of benzene rings is 1. The monoisotopic (exact) mass is 263 g/mol. The number of anilines is 1. The number of rotatable bonds is 5. The minimum Gasteiger partial charge on any atom is -0.482 e. The normalized spacial score (nSPS) is 15.9. The topological polar surface area (TPSA) is 67.6 Å². The molecule has 0 fully saturated rings. The largest absolute Gasteiger partial charge is 0.482 e. The number of amides is 1. The number of hydrogen-bond acceptors (Lipinski definition) is 4. The van der Waals surface area contributed by atoms with Crippen molar-refractivity contribution in [3.8, 4) is 5.75 Å². The third-order valence-corrected chi connectivity index (χ3v) is 3.16. The van der Waals surface area contributed by atoms with E-state index >= 15 is 0 Å². The predicted octanol–water partition coefficient (Wildman–Crippen LogP) is 0.869.